The molecule has 6 heteroatoms. The van der Waals surface area contributed by atoms with Gasteiger partial charge in [0.15, 0.2) is 0 Å². The van der Waals surface area contributed by atoms with Gasteiger partial charge in [-0.05, 0) is 58.2 Å². The summed E-state index contributed by atoms with van der Waals surface area (Å²) in [5.74, 6) is -0.177. The Kier molecular flexibility index (Phi) is 6.69. The Morgan fingerprint density at radius 1 is 1.23 bits per heavy atom. The van der Waals surface area contributed by atoms with Gasteiger partial charge in [0.25, 0.3) is 0 Å². The average Bonchev–Trinajstić information content (AvgIpc) is 2.88. The molecule has 2 N–H and O–H groups in total. The van der Waals surface area contributed by atoms with E-state index in [-0.39, 0.29) is 36.2 Å². The molecule has 0 bridgehead atoms. The highest BCUT2D eigenvalue weighted by molar-refractivity contribution is 6.01. The molecule has 2 saturated heterocycles. The lowest BCUT2D eigenvalue weighted by Gasteiger charge is -2.29. The van der Waals surface area contributed by atoms with Crippen molar-refractivity contribution in [3.05, 3.63) is 28.8 Å². The lowest BCUT2D eigenvalue weighted by Crippen LogP contribution is -2.48. The van der Waals surface area contributed by atoms with Crippen LogP contribution < -0.4 is 15.5 Å². The Morgan fingerprint density at radius 2 is 1.88 bits per heavy atom. The third-order valence-electron chi connectivity index (χ3n) is 5.37. The summed E-state index contributed by atoms with van der Waals surface area (Å²) in [5.41, 5.74) is 4.36. The molecule has 1 aromatic carbocycles. The molecule has 0 spiro atoms. The van der Waals surface area contributed by atoms with E-state index in [1.807, 2.05) is 13.8 Å². The standard InChI is InChI=1S/C20H29N3O2.ClH/c1-12-7-13(2)19(14(3)8-12)23-11-16(10-18(23)24)20(25)22-17-5-6-21-15(4)9-17;/h7-8,15-17,21H,5-6,9-11H2,1-4H3,(H,22,25);1H. The first kappa shape index (κ1) is 20.7. The SMILES string of the molecule is Cc1cc(C)c(N2CC(C(=O)NC3CCNC(C)C3)CC2=O)c(C)c1.Cl. The first-order valence-electron chi connectivity index (χ1n) is 9.27. The molecule has 1 aromatic rings. The number of carbonyl (C=O) groups excluding carboxylic acids is 2. The van der Waals surface area contributed by atoms with Gasteiger partial charge in [-0.25, -0.2) is 0 Å². The smallest absolute Gasteiger partial charge is 0.227 e. The Bertz CT molecular complexity index is 669. The summed E-state index contributed by atoms with van der Waals surface area (Å²) in [6.07, 6.45) is 2.21. The molecule has 26 heavy (non-hydrogen) atoms. The van der Waals surface area contributed by atoms with Crippen LogP contribution >= 0.6 is 12.4 Å². The van der Waals surface area contributed by atoms with Crippen molar-refractivity contribution in [2.75, 3.05) is 18.0 Å². The summed E-state index contributed by atoms with van der Waals surface area (Å²) in [6, 6.07) is 4.84. The predicted octanol–water partition coefficient (Wildman–Crippen LogP) is 2.64. The molecule has 0 radical (unpaired) electrons. The molecule has 144 valence electrons. The van der Waals surface area contributed by atoms with Crippen molar-refractivity contribution in [3.8, 4) is 0 Å². The molecule has 2 heterocycles. The quantitative estimate of drug-likeness (QED) is 0.848. The summed E-state index contributed by atoms with van der Waals surface area (Å²) >= 11 is 0. The predicted molar refractivity (Wildman–Crippen MR) is 107 cm³/mol. The topological polar surface area (TPSA) is 61.4 Å². The third kappa shape index (κ3) is 4.38. The maximum Gasteiger partial charge on any atom is 0.227 e. The molecule has 2 aliphatic heterocycles. The maximum absolute atomic E-state index is 12.7. The zero-order valence-corrected chi connectivity index (χ0v) is 16.9. The Morgan fingerprint density at radius 3 is 2.50 bits per heavy atom. The van der Waals surface area contributed by atoms with Crippen LogP contribution in [0.15, 0.2) is 12.1 Å². The van der Waals surface area contributed by atoms with Crippen molar-refractivity contribution in [2.24, 2.45) is 5.92 Å². The van der Waals surface area contributed by atoms with Crippen molar-refractivity contribution >= 4 is 29.9 Å². The molecule has 3 rings (SSSR count). The molecule has 0 aliphatic carbocycles. The van der Waals surface area contributed by atoms with Crippen LogP contribution in [0, 0.1) is 26.7 Å². The monoisotopic (exact) mass is 379 g/mol. The van der Waals surface area contributed by atoms with E-state index in [1.54, 1.807) is 4.90 Å². The van der Waals surface area contributed by atoms with Gasteiger partial charge in [-0.15, -0.1) is 12.4 Å². The van der Waals surface area contributed by atoms with Crippen molar-refractivity contribution in [1.29, 1.82) is 0 Å². The number of aryl methyl sites for hydroxylation is 3. The minimum absolute atomic E-state index is 0. The molecule has 2 amide bonds. The van der Waals surface area contributed by atoms with Gasteiger partial charge in [-0.3, -0.25) is 9.59 Å². The van der Waals surface area contributed by atoms with E-state index in [0.29, 0.717) is 19.0 Å². The fourth-order valence-corrected chi connectivity index (χ4v) is 4.28. The first-order valence-corrected chi connectivity index (χ1v) is 9.27. The number of hydrogen-bond donors (Lipinski definition) is 2. The molecule has 2 fully saturated rings. The summed E-state index contributed by atoms with van der Waals surface area (Å²) in [4.78, 5) is 27.0. The number of benzene rings is 1. The lowest BCUT2D eigenvalue weighted by atomic mass is 9.99. The van der Waals surface area contributed by atoms with Crippen LogP contribution in [0.3, 0.4) is 0 Å². The highest BCUT2D eigenvalue weighted by Gasteiger charge is 2.37. The Balaban J connectivity index is 0.00000243. The van der Waals surface area contributed by atoms with Crippen LogP contribution in [-0.4, -0.2) is 37.0 Å². The summed E-state index contributed by atoms with van der Waals surface area (Å²) in [7, 11) is 0. The number of anilines is 1. The van der Waals surface area contributed by atoms with E-state index in [4.69, 9.17) is 0 Å². The van der Waals surface area contributed by atoms with E-state index < -0.39 is 0 Å². The van der Waals surface area contributed by atoms with E-state index in [9.17, 15) is 9.59 Å². The van der Waals surface area contributed by atoms with E-state index in [2.05, 4.69) is 36.6 Å². The second-order valence-electron chi connectivity index (χ2n) is 7.74. The summed E-state index contributed by atoms with van der Waals surface area (Å²) in [5, 5.41) is 6.56. The maximum atomic E-state index is 12.7. The van der Waals surface area contributed by atoms with Gasteiger partial charge in [0, 0.05) is 30.7 Å². The van der Waals surface area contributed by atoms with Crippen molar-refractivity contribution in [3.63, 3.8) is 0 Å². The van der Waals surface area contributed by atoms with Crippen LogP contribution in [0.4, 0.5) is 5.69 Å². The third-order valence-corrected chi connectivity index (χ3v) is 5.37. The molecule has 3 unspecified atom stereocenters. The van der Waals surface area contributed by atoms with Crippen LogP contribution in [0.1, 0.15) is 42.9 Å². The van der Waals surface area contributed by atoms with Gasteiger partial charge in [0.1, 0.15) is 0 Å². The number of amides is 2. The normalized spacial score (nSPS) is 25.8. The summed E-state index contributed by atoms with van der Waals surface area (Å²) < 4.78 is 0. The van der Waals surface area contributed by atoms with Gasteiger partial charge in [0.2, 0.25) is 11.8 Å². The fraction of sp³-hybridized carbons (Fsp3) is 0.600. The minimum atomic E-state index is -0.252. The zero-order valence-electron chi connectivity index (χ0n) is 16.1. The second kappa shape index (κ2) is 8.40. The highest BCUT2D eigenvalue weighted by atomic mass is 35.5. The van der Waals surface area contributed by atoms with Gasteiger partial charge in [-0.2, -0.15) is 0 Å². The van der Waals surface area contributed by atoms with Crippen molar-refractivity contribution < 1.29 is 9.59 Å². The minimum Gasteiger partial charge on any atom is -0.353 e. The molecule has 2 aliphatic rings. The van der Waals surface area contributed by atoms with Crippen LogP contribution in [0.2, 0.25) is 0 Å². The lowest BCUT2D eigenvalue weighted by molar-refractivity contribution is -0.127. The van der Waals surface area contributed by atoms with E-state index in [0.717, 1.165) is 36.2 Å². The fourth-order valence-electron chi connectivity index (χ4n) is 4.28. The van der Waals surface area contributed by atoms with Crippen LogP contribution in [-0.2, 0) is 9.59 Å². The molecular formula is C20H30ClN3O2. The van der Waals surface area contributed by atoms with Crippen LogP contribution in [0.25, 0.3) is 0 Å². The number of halogens is 1. The average molecular weight is 380 g/mol. The summed E-state index contributed by atoms with van der Waals surface area (Å²) in [6.45, 7) is 9.69. The van der Waals surface area contributed by atoms with Gasteiger partial charge < -0.3 is 15.5 Å². The van der Waals surface area contributed by atoms with Gasteiger partial charge in [0.05, 0.1) is 5.92 Å². The number of hydrogen-bond acceptors (Lipinski definition) is 3. The molecule has 0 saturated carbocycles. The molecule has 0 aromatic heterocycles. The molecular weight excluding hydrogens is 350 g/mol. The first-order chi connectivity index (χ1) is 11.8. The zero-order chi connectivity index (χ0) is 18.1. The number of nitrogens with zero attached hydrogens (tertiary/aromatic N) is 1. The van der Waals surface area contributed by atoms with E-state index in [1.165, 1.54) is 5.56 Å². The Hall–Kier alpha value is -1.59. The van der Waals surface area contributed by atoms with Crippen LogP contribution in [0.5, 0.6) is 0 Å². The molecule has 5 nitrogen and oxygen atoms in total. The number of nitrogens with one attached hydrogen (secondary N) is 2. The highest BCUT2D eigenvalue weighted by Crippen LogP contribution is 2.32. The Labute approximate surface area is 162 Å². The van der Waals surface area contributed by atoms with Gasteiger partial charge in [-0.1, -0.05) is 17.7 Å². The van der Waals surface area contributed by atoms with Gasteiger partial charge >= 0.3 is 0 Å². The number of rotatable bonds is 3. The molecule has 3 atom stereocenters. The largest absolute Gasteiger partial charge is 0.353 e. The van der Waals surface area contributed by atoms with E-state index >= 15 is 0 Å². The number of carbonyl (C=O) groups is 2. The number of piperidine rings is 1. The second-order valence-corrected chi connectivity index (χ2v) is 7.74. The van der Waals surface area contributed by atoms with Crippen molar-refractivity contribution in [2.45, 2.75) is 59.0 Å². The van der Waals surface area contributed by atoms with Crippen molar-refractivity contribution in [1.82, 2.24) is 10.6 Å².